The van der Waals surface area contributed by atoms with Crippen molar-refractivity contribution in [3.63, 3.8) is 0 Å². The molecule has 1 aromatic heterocycles. The number of alkyl carbamates (subject to hydrolysis) is 2. The van der Waals surface area contributed by atoms with Crippen molar-refractivity contribution in [2.75, 3.05) is 34.5 Å². The first-order valence-electron chi connectivity index (χ1n) is 20.9. The number of ketones is 1. The first-order valence-corrected chi connectivity index (χ1v) is 20.9. The molecule has 4 heterocycles. The lowest BCUT2D eigenvalue weighted by Gasteiger charge is -2.32. The molecule has 0 saturated carbocycles. The fourth-order valence-electron chi connectivity index (χ4n) is 8.84. The summed E-state index contributed by atoms with van der Waals surface area (Å²) in [5, 5.41) is 7.01. The minimum Gasteiger partial charge on any atom is -0.488 e. The van der Waals surface area contributed by atoms with Gasteiger partial charge in [-0.1, -0.05) is 39.0 Å². The number of methoxy groups -OCH3 is 3. The van der Waals surface area contributed by atoms with Gasteiger partial charge in [0, 0.05) is 36.2 Å². The van der Waals surface area contributed by atoms with E-state index in [4.69, 9.17) is 28.7 Å². The number of rotatable bonds is 12. The van der Waals surface area contributed by atoms with Crippen molar-refractivity contribution in [2.24, 2.45) is 11.8 Å². The van der Waals surface area contributed by atoms with Crippen LogP contribution in [0, 0.1) is 11.8 Å². The van der Waals surface area contributed by atoms with Crippen molar-refractivity contribution in [1.29, 1.82) is 0 Å². The highest BCUT2D eigenvalue weighted by molar-refractivity contribution is 6.07. The number of hydrogen-bond acceptors (Lipinski definition) is 12. The Kier molecular flexibility index (Phi) is 12.7. The summed E-state index contributed by atoms with van der Waals surface area (Å²) in [6.07, 6.45) is -0.470. The van der Waals surface area contributed by atoms with Gasteiger partial charge in [-0.05, 0) is 85.7 Å². The smallest absolute Gasteiger partial charge is 0.407 e. The summed E-state index contributed by atoms with van der Waals surface area (Å²) in [5.41, 5.74) is 4.41. The van der Waals surface area contributed by atoms with Crippen LogP contribution in [0.1, 0.15) is 81.7 Å². The molecule has 0 spiro atoms. The molecule has 0 unspecified atom stereocenters. The number of nitrogens with one attached hydrogen (secondary N) is 3. The average Bonchev–Trinajstić information content (AvgIpc) is 4.00. The number of ether oxygens (including phenoxy) is 5. The predicted octanol–water partition coefficient (Wildman–Crippen LogP) is 5.43. The number of aromatic amines is 1. The Morgan fingerprint density at radius 3 is 2.31 bits per heavy atom. The monoisotopic (exact) mass is 854 g/mol. The lowest BCUT2D eigenvalue weighted by Crippen LogP contribution is -2.55. The number of H-pyrrole nitrogens is 1. The van der Waals surface area contributed by atoms with E-state index in [1.54, 1.807) is 37.8 Å². The van der Waals surface area contributed by atoms with Gasteiger partial charge < -0.3 is 49.1 Å². The minimum atomic E-state index is -0.956. The van der Waals surface area contributed by atoms with Crippen molar-refractivity contribution in [1.82, 2.24) is 30.4 Å². The van der Waals surface area contributed by atoms with Gasteiger partial charge in [0.25, 0.3) is 0 Å². The van der Waals surface area contributed by atoms with Gasteiger partial charge in [-0.2, -0.15) is 0 Å². The molecule has 0 aliphatic carbocycles. The standard InChI is InChI=1S/C45H54N6O11/c1-22(2)37(48-44(56)59-7)42(54)51-24(4)9-14-33(51)43(55)62-21-35(52)27-10-12-29-28(16-27)20-61-36-18-30-26(17-31(29)36)11-13-32-39(30)47-40(46-32)34-15-23(3)19-50(34)41(53)38(25(5)58-6)49-45(57)60-8/h10-13,16-18,22-25,33-34,37-38H,9,14-15,19-21H2,1-8H3,(H,46,47)(H,48,56)(H,49,57)/t23-,24-,25+,33-,34-,37-,38-/m0/s1. The van der Waals surface area contributed by atoms with Crippen LogP contribution in [0.4, 0.5) is 9.59 Å². The third kappa shape index (κ3) is 8.49. The van der Waals surface area contributed by atoms with Crippen LogP contribution in [0.15, 0.2) is 42.5 Å². The molecule has 17 heteroatoms. The maximum absolute atomic E-state index is 13.9. The zero-order valence-corrected chi connectivity index (χ0v) is 36.2. The predicted molar refractivity (Wildman–Crippen MR) is 226 cm³/mol. The molecule has 0 bridgehead atoms. The first kappa shape index (κ1) is 43.8. The molecule has 3 aliphatic rings. The number of hydrogen-bond donors (Lipinski definition) is 3. The molecular formula is C45H54N6O11. The topological polar surface area (TPSA) is 208 Å². The van der Waals surface area contributed by atoms with Gasteiger partial charge in [0.2, 0.25) is 11.8 Å². The third-order valence-electron chi connectivity index (χ3n) is 12.3. The SMILES string of the molecule is COC(=O)N[C@H](C(=O)N1[C@@H](C)CC[C@H]1C(=O)OCC(=O)c1ccc2c(c1)COc1cc3c(ccc4nc([C@@H]5C[C@H](C)CN5C(=O)[C@@H](NC(=O)OC)[C@@H](C)OC)[nH]c43)cc1-2)C(C)C. The zero-order valence-electron chi connectivity index (χ0n) is 36.2. The summed E-state index contributed by atoms with van der Waals surface area (Å²) in [6, 6.07) is 9.85. The molecule has 7 rings (SSSR count). The Hall–Kier alpha value is -6.23. The van der Waals surface area contributed by atoms with E-state index in [1.165, 1.54) is 26.2 Å². The van der Waals surface area contributed by atoms with Crippen molar-refractivity contribution in [3.8, 4) is 16.9 Å². The molecule has 4 aromatic rings. The highest BCUT2D eigenvalue weighted by atomic mass is 16.5. The Bertz CT molecular complexity index is 2410. The molecule has 3 aliphatic heterocycles. The summed E-state index contributed by atoms with van der Waals surface area (Å²) in [4.78, 5) is 90.1. The lowest BCUT2D eigenvalue weighted by molar-refractivity contribution is -0.154. The number of fused-ring (bicyclic) bond motifs is 6. The number of amides is 4. The second-order valence-corrected chi connectivity index (χ2v) is 16.8. The van der Waals surface area contributed by atoms with Gasteiger partial charge in [-0.15, -0.1) is 0 Å². The fraction of sp³-hybridized carbons (Fsp3) is 0.489. The molecule has 2 fully saturated rings. The number of carbonyl (C=O) groups excluding carboxylic acids is 6. The summed E-state index contributed by atoms with van der Waals surface area (Å²) in [5.74, 6) is -0.583. The first-order chi connectivity index (χ1) is 29.6. The summed E-state index contributed by atoms with van der Waals surface area (Å²) in [7, 11) is 3.94. The largest absolute Gasteiger partial charge is 0.488 e. The Balaban J connectivity index is 1.07. The molecule has 3 aromatic carbocycles. The maximum Gasteiger partial charge on any atom is 0.407 e. The molecular weight excluding hydrogens is 801 g/mol. The van der Waals surface area contributed by atoms with Crippen molar-refractivity contribution in [3.05, 3.63) is 59.4 Å². The molecule has 0 radical (unpaired) electrons. The highest BCUT2D eigenvalue weighted by Gasteiger charge is 2.44. The van der Waals surface area contributed by atoms with Crippen molar-refractivity contribution in [2.45, 2.75) is 96.8 Å². The van der Waals surface area contributed by atoms with Gasteiger partial charge in [0.15, 0.2) is 12.4 Å². The van der Waals surface area contributed by atoms with Crippen LogP contribution in [0.25, 0.3) is 32.9 Å². The summed E-state index contributed by atoms with van der Waals surface area (Å²) < 4.78 is 26.7. The minimum absolute atomic E-state index is 0.183. The van der Waals surface area contributed by atoms with Crippen molar-refractivity contribution < 1.29 is 52.5 Å². The van der Waals surface area contributed by atoms with Crippen LogP contribution in [0.3, 0.4) is 0 Å². The van der Waals surface area contributed by atoms with Crippen LogP contribution in [0.5, 0.6) is 5.75 Å². The van der Waals surface area contributed by atoms with Gasteiger partial charge in [-0.3, -0.25) is 14.4 Å². The van der Waals surface area contributed by atoms with Crippen LogP contribution < -0.4 is 15.4 Å². The van der Waals surface area contributed by atoms with Crippen LogP contribution in [0.2, 0.25) is 0 Å². The average molecular weight is 855 g/mol. The summed E-state index contributed by atoms with van der Waals surface area (Å²) in [6.45, 7) is 9.37. The quantitative estimate of drug-likeness (QED) is 0.0927. The number of aromatic nitrogens is 2. The number of imidazole rings is 1. The molecule has 2 saturated heterocycles. The number of nitrogens with zero attached hydrogens (tertiary/aromatic N) is 3. The maximum atomic E-state index is 13.9. The number of likely N-dealkylation sites (tertiary alicyclic amines) is 2. The van der Waals surface area contributed by atoms with Gasteiger partial charge in [0.05, 0.1) is 37.4 Å². The molecule has 62 heavy (non-hydrogen) atoms. The Morgan fingerprint density at radius 1 is 0.887 bits per heavy atom. The normalized spacial score (nSPS) is 20.8. The van der Waals surface area contributed by atoms with Crippen LogP contribution >= 0.6 is 0 Å². The lowest BCUT2D eigenvalue weighted by atomic mass is 9.92. The number of Topliss-reactive ketones (excluding diaryl/α,β-unsaturated/α-hetero) is 1. The van der Waals surface area contributed by atoms with Gasteiger partial charge >= 0.3 is 18.2 Å². The number of esters is 1. The fourth-order valence-corrected chi connectivity index (χ4v) is 8.84. The third-order valence-corrected chi connectivity index (χ3v) is 12.3. The van der Waals surface area contributed by atoms with E-state index in [0.717, 1.165) is 38.5 Å². The molecule has 4 amide bonds. The van der Waals surface area contributed by atoms with E-state index in [9.17, 15) is 28.8 Å². The van der Waals surface area contributed by atoms with E-state index in [-0.39, 0.29) is 36.4 Å². The summed E-state index contributed by atoms with van der Waals surface area (Å²) >= 11 is 0. The highest BCUT2D eigenvalue weighted by Crippen LogP contribution is 2.43. The Morgan fingerprint density at radius 2 is 1.61 bits per heavy atom. The molecule has 330 valence electrons. The van der Waals surface area contributed by atoms with Crippen LogP contribution in [-0.2, 0) is 39.9 Å². The van der Waals surface area contributed by atoms with E-state index < -0.39 is 60.7 Å². The Labute approximate surface area is 359 Å². The molecule has 7 atom stereocenters. The second kappa shape index (κ2) is 18.0. The van der Waals surface area contributed by atoms with E-state index in [0.29, 0.717) is 42.9 Å². The zero-order chi connectivity index (χ0) is 44.6. The number of benzene rings is 3. The second-order valence-electron chi connectivity index (χ2n) is 16.8. The van der Waals surface area contributed by atoms with E-state index in [1.807, 2.05) is 37.3 Å². The number of carbonyl (C=O) groups is 6. The van der Waals surface area contributed by atoms with Crippen LogP contribution in [-0.4, -0.2) is 120 Å². The van der Waals surface area contributed by atoms with Crippen molar-refractivity contribution >= 4 is 57.6 Å². The van der Waals surface area contributed by atoms with E-state index in [2.05, 4.69) is 22.5 Å². The van der Waals surface area contributed by atoms with Gasteiger partial charge in [0.1, 0.15) is 36.3 Å². The van der Waals surface area contributed by atoms with Gasteiger partial charge in [-0.25, -0.2) is 19.4 Å². The molecule has 3 N–H and O–H groups in total. The van der Waals surface area contributed by atoms with E-state index >= 15 is 0 Å². The molecule has 17 nitrogen and oxygen atoms in total.